The highest BCUT2D eigenvalue weighted by molar-refractivity contribution is 6.22. The van der Waals surface area contributed by atoms with Gasteiger partial charge in [0.1, 0.15) is 0 Å². The van der Waals surface area contributed by atoms with Crippen LogP contribution in [0.1, 0.15) is 43.2 Å². The molecule has 20 heavy (non-hydrogen) atoms. The Bertz CT molecular complexity index is 409. The topological polar surface area (TPSA) is 9.23 Å². The van der Waals surface area contributed by atoms with Crippen molar-refractivity contribution in [2.75, 3.05) is 18.4 Å². The maximum atomic E-state index is 6.29. The second-order valence-corrected chi connectivity index (χ2v) is 6.48. The molecule has 1 aromatic carbocycles. The van der Waals surface area contributed by atoms with Gasteiger partial charge in [0.25, 0.3) is 0 Å². The molecule has 1 unspecified atom stereocenters. The third-order valence-electron chi connectivity index (χ3n) is 4.35. The second-order valence-electron chi connectivity index (χ2n) is 5.94. The van der Waals surface area contributed by atoms with Gasteiger partial charge < -0.3 is 4.74 Å². The zero-order valence-electron chi connectivity index (χ0n) is 12.2. The Hall–Kier alpha value is -0.240. The Morgan fingerprint density at radius 2 is 2.10 bits per heavy atom. The molecule has 0 saturated carbocycles. The van der Waals surface area contributed by atoms with E-state index in [1.807, 2.05) is 0 Å². The Labute approximate surface area is 132 Å². The van der Waals surface area contributed by atoms with E-state index in [-0.39, 0.29) is 5.41 Å². The fraction of sp³-hybridized carbons (Fsp3) is 0.647. The Kier molecular flexibility index (Phi) is 6.20. The minimum Gasteiger partial charge on any atom is -0.378 e. The lowest BCUT2D eigenvalue weighted by molar-refractivity contribution is 0.101. The van der Waals surface area contributed by atoms with Crippen molar-refractivity contribution in [1.82, 2.24) is 0 Å². The van der Waals surface area contributed by atoms with Crippen molar-refractivity contribution in [3.63, 3.8) is 0 Å². The van der Waals surface area contributed by atoms with Crippen LogP contribution in [-0.2, 0) is 10.2 Å². The van der Waals surface area contributed by atoms with Crippen molar-refractivity contribution in [1.29, 1.82) is 0 Å². The predicted octanol–water partition coefficient (Wildman–Crippen LogP) is 5.06. The predicted molar refractivity (Wildman–Crippen MR) is 87.1 cm³/mol. The lowest BCUT2D eigenvalue weighted by Crippen LogP contribution is -2.31. The van der Waals surface area contributed by atoms with Gasteiger partial charge in [-0.25, -0.2) is 0 Å². The summed E-state index contributed by atoms with van der Waals surface area (Å²) in [6.45, 7) is 3.04. The van der Waals surface area contributed by atoms with Crippen LogP contribution in [0.2, 0.25) is 0 Å². The van der Waals surface area contributed by atoms with Gasteiger partial charge in [0.15, 0.2) is 0 Å². The van der Waals surface area contributed by atoms with Crippen molar-refractivity contribution in [2.24, 2.45) is 0 Å². The van der Waals surface area contributed by atoms with E-state index in [9.17, 15) is 0 Å². The summed E-state index contributed by atoms with van der Waals surface area (Å²) < 4.78 is 5.69. The summed E-state index contributed by atoms with van der Waals surface area (Å²) in [7, 11) is 0. The van der Waals surface area contributed by atoms with Gasteiger partial charge in [0.2, 0.25) is 0 Å². The van der Waals surface area contributed by atoms with Crippen LogP contribution in [0.15, 0.2) is 24.3 Å². The van der Waals surface area contributed by atoms with Gasteiger partial charge in [-0.15, -0.1) is 23.2 Å². The number of alkyl halides is 2. The smallest absolute Gasteiger partial charge is 0.0576 e. The van der Waals surface area contributed by atoms with E-state index >= 15 is 0 Å². The van der Waals surface area contributed by atoms with E-state index in [4.69, 9.17) is 27.9 Å². The van der Waals surface area contributed by atoms with Crippen molar-refractivity contribution in [3.8, 4) is 0 Å². The fourth-order valence-corrected chi connectivity index (χ4v) is 3.84. The van der Waals surface area contributed by atoms with Crippen molar-refractivity contribution in [2.45, 2.75) is 50.5 Å². The molecule has 0 radical (unpaired) electrons. The number of ether oxygens (including phenoxy) is 1. The number of hydrogen-bond acceptors (Lipinski definition) is 1. The molecule has 1 nitrogen and oxygen atoms in total. The first-order valence-corrected chi connectivity index (χ1v) is 8.58. The minimum atomic E-state index is -0.103. The quantitative estimate of drug-likeness (QED) is 0.639. The maximum Gasteiger partial charge on any atom is 0.0576 e. The summed E-state index contributed by atoms with van der Waals surface area (Å²) in [6.07, 6.45) is 6.15. The minimum absolute atomic E-state index is 0.103. The largest absolute Gasteiger partial charge is 0.378 e. The van der Waals surface area contributed by atoms with Gasteiger partial charge in [-0.1, -0.05) is 29.8 Å². The summed E-state index contributed by atoms with van der Waals surface area (Å²) in [5.41, 5.74) is 2.43. The molecule has 2 rings (SSSR count). The molecule has 1 fully saturated rings. The van der Waals surface area contributed by atoms with Gasteiger partial charge >= 0.3 is 0 Å². The molecule has 1 aliphatic rings. The van der Waals surface area contributed by atoms with Crippen molar-refractivity contribution >= 4 is 23.2 Å². The van der Waals surface area contributed by atoms with Crippen LogP contribution in [-0.4, -0.2) is 24.5 Å². The molecule has 1 atom stereocenters. The van der Waals surface area contributed by atoms with Crippen LogP contribution in [0.25, 0.3) is 0 Å². The summed E-state index contributed by atoms with van der Waals surface area (Å²) >= 11 is 12.6. The highest BCUT2D eigenvalue weighted by Gasteiger charge is 2.30. The molecule has 0 amide bonds. The normalized spacial score (nSPS) is 19.4. The van der Waals surface area contributed by atoms with Gasteiger partial charge in [-0.2, -0.15) is 0 Å². The monoisotopic (exact) mass is 314 g/mol. The number of aryl methyl sites for hydroxylation is 1. The van der Waals surface area contributed by atoms with Gasteiger partial charge in [0, 0.05) is 23.8 Å². The van der Waals surface area contributed by atoms with Crippen LogP contribution in [0.5, 0.6) is 0 Å². The van der Waals surface area contributed by atoms with Crippen molar-refractivity contribution in [3.05, 3.63) is 35.4 Å². The molecule has 1 aliphatic heterocycles. The highest BCUT2D eigenvalue weighted by Crippen LogP contribution is 2.34. The molecule has 0 aliphatic carbocycles. The molecule has 1 heterocycles. The number of halogens is 2. The van der Waals surface area contributed by atoms with Gasteiger partial charge in [-0.3, -0.25) is 0 Å². The van der Waals surface area contributed by atoms with Gasteiger partial charge in [-0.05, 0) is 44.6 Å². The van der Waals surface area contributed by atoms with E-state index in [0.717, 1.165) is 25.9 Å². The molecule has 3 heteroatoms. The SMILES string of the molecule is Cc1cccc(C(CCl)(CCl)CCCC2CCCO2)c1. The van der Waals surface area contributed by atoms with Crippen LogP contribution in [0.4, 0.5) is 0 Å². The lowest BCUT2D eigenvalue weighted by atomic mass is 9.79. The van der Waals surface area contributed by atoms with Crippen molar-refractivity contribution < 1.29 is 4.74 Å². The van der Waals surface area contributed by atoms with E-state index in [2.05, 4.69) is 31.2 Å². The zero-order chi connectivity index (χ0) is 14.4. The standard InChI is InChI=1S/C17H24Cl2O/c1-14-5-2-6-15(11-14)17(12-18,13-19)9-3-7-16-8-4-10-20-16/h2,5-6,11,16H,3-4,7-10,12-13H2,1H3. The molecule has 0 aromatic heterocycles. The van der Waals surface area contributed by atoms with Crippen LogP contribution >= 0.6 is 23.2 Å². The van der Waals surface area contributed by atoms with Crippen LogP contribution in [0, 0.1) is 6.92 Å². The van der Waals surface area contributed by atoms with Crippen LogP contribution in [0.3, 0.4) is 0 Å². The first kappa shape index (κ1) is 16.1. The Morgan fingerprint density at radius 1 is 1.30 bits per heavy atom. The summed E-state index contributed by atoms with van der Waals surface area (Å²) in [5, 5.41) is 0. The molecule has 0 bridgehead atoms. The summed E-state index contributed by atoms with van der Waals surface area (Å²) in [6, 6.07) is 8.59. The number of rotatable bonds is 7. The molecule has 112 valence electrons. The Balaban J connectivity index is 2.00. The lowest BCUT2D eigenvalue weighted by Gasteiger charge is -2.31. The number of hydrogen-bond donors (Lipinski definition) is 0. The Morgan fingerprint density at radius 3 is 2.70 bits per heavy atom. The maximum absolute atomic E-state index is 6.29. The fourth-order valence-electron chi connectivity index (χ4n) is 2.98. The van der Waals surface area contributed by atoms with Gasteiger partial charge in [0.05, 0.1) is 6.10 Å². The molecule has 0 N–H and O–H groups in total. The highest BCUT2D eigenvalue weighted by atomic mass is 35.5. The number of benzene rings is 1. The first-order chi connectivity index (χ1) is 9.70. The average molecular weight is 315 g/mol. The van der Waals surface area contributed by atoms with Crippen LogP contribution < -0.4 is 0 Å². The summed E-state index contributed by atoms with van der Waals surface area (Å²) in [5.74, 6) is 1.15. The third-order valence-corrected chi connectivity index (χ3v) is 5.37. The van der Waals surface area contributed by atoms with E-state index in [0.29, 0.717) is 17.9 Å². The van der Waals surface area contributed by atoms with E-state index < -0.39 is 0 Å². The molecule has 0 spiro atoms. The molecule has 1 aromatic rings. The zero-order valence-corrected chi connectivity index (χ0v) is 13.7. The first-order valence-electron chi connectivity index (χ1n) is 7.51. The van der Waals surface area contributed by atoms with E-state index in [1.54, 1.807) is 0 Å². The van der Waals surface area contributed by atoms with E-state index in [1.165, 1.54) is 24.0 Å². The summed E-state index contributed by atoms with van der Waals surface area (Å²) in [4.78, 5) is 0. The second kappa shape index (κ2) is 7.68. The third kappa shape index (κ3) is 3.90. The average Bonchev–Trinajstić information content (AvgIpc) is 2.97. The molecular weight excluding hydrogens is 291 g/mol. The molecular formula is C17H24Cl2O. The molecule has 1 saturated heterocycles.